The second-order valence-electron chi connectivity index (χ2n) is 3.52. The molecule has 0 aromatic carbocycles. The molecule has 0 aromatic rings. The van der Waals surface area contributed by atoms with Crippen molar-refractivity contribution in [3.63, 3.8) is 0 Å². The summed E-state index contributed by atoms with van der Waals surface area (Å²) in [7, 11) is 1.72. The molecule has 0 fully saturated rings. The van der Waals surface area contributed by atoms with Gasteiger partial charge in [0.1, 0.15) is 0 Å². The Morgan fingerprint density at radius 3 is 2.94 bits per heavy atom. The SMILES string of the molecule is CN1C=C(C(=O)NCCCO)C=C/C1=C\N=O. The molecule has 0 saturated carbocycles. The van der Waals surface area contributed by atoms with Crippen molar-refractivity contribution < 1.29 is 9.90 Å². The highest BCUT2D eigenvalue weighted by atomic mass is 16.3. The number of carbonyl (C=O) groups excluding carboxylic acids is 1. The maximum atomic E-state index is 11.6. The molecule has 92 valence electrons. The van der Waals surface area contributed by atoms with Crippen LogP contribution in [0, 0.1) is 4.91 Å². The highest BCUT2D eigenvalue weighted by Crippen LogP contribution is 2.14. The van der Waals surface area contributed by atoms with Gasteiger partial charge in [-0.2, -0.15) is 0 Å². The predicted octanol–water partition coefficient (Wildman–Crippen LogP) is 0.478. The van der Waals surface area contributed by atoms with Gasteiger partial charge >= 0.3 is 0 Å². The maximum Gasteiger partial charge on any atom is 0.252 e. The number of carbonyl (C=O) groups is 1. The number of nitrogens with one attached hydrogen (secondary N) is 1. The highest BCUT2D eigenvalue weighted by molar-refractivity contribution is 5.96. The summed E-state index contributed by atoms with van der Waals surface area (Å²) in [6.07, 6.45) is 6.57. The van der Waals surface area contributed by atoms with Crippen molar-refractivity contribution in [2.45, 2.75) is 6.42 Å². The summed E-state index contributed by atoms with van der Waals surface area (Å²) in [6, 6.07) is 0. The first kappa shape index (κ1) is 13.1. The molecule has 0 unspecified atom stereocenters. The van der Waals surface area contributed by atoms with Gasteiger partial charge in [-0.25, -0.2) is 0 Å². The van der Waals surface area contributed by atoms with E-state index in [4.69, 9.17) is 5.11 Å². The fourth-order valence-corrected chi connectivity index (χ4v) is 1.32. The number of hydrogen-bond donors (Lipinski definition) is 2. The lowest BCUT2D eigenvalue weighted by Crippen LogP contribution is -2.28. The van der Waals surface area contributed by atoms with Crippen molar-refractivity contribution in [2.24, 2.45) is 5.18 Å². The Kier molecular flexibility index (Phi) is 5.09. The molecule has 0 saturated heterocycles. The first-order chi connectivity index (χ1) is 8.19. The van der Waals surface area contributed by atoms with Gasteiger partial charge in [-0.15, -0.1) is 4.91 Å². The van der Waals surface area contributed by atoms with Crippen molar-refractivity contribution in [2.75, 3.05) is 20.2 Å². The van der Waals surface area contributed by atoms with Gasteiger partial charge in [0, 0.05) is 26.4 Å². The Morgan fingerprint density at radius 1 is 1.59 bits per heavy atom. The van der Waals surface area contributed by atoms with Gasteiger partial charge in [-0.05, 0) is 23.7 Å². The minimum Gasteiger partial charge on any atom is -0.396 e. The quantitative estimate of drug-likeness (QED) is 0.538. The van der Waals surface area contributed by atoms with E-state index in [0.29, 0.717) is 24.2 Å². The normalized spacial score (nSPS) is 16.9. The summed E-state index contributed by atoms with van der Waals surface area (Å²) in [5.74, 6) is -0.209. The largest absolute Gasteiger partial charge is 0.396 e. The van der Waals surface area contributed by atoms with Gasteiger partial charge in [0.05, 0.1) is 17.5 Å². The van der Waals surface area contributed by atoms with E-state index in [9.17, 15) is 9.70 Å². The number of aliphatic hydroxyl groups is 1. The zero-order valence-electron chi connectivity index (χ0n) is 9.59. The van der Waals surface area contributed by atoms with Gasteiger partial charge in [0.25, 0.3) is 5.91 Å². The Hall–Kier alpha value is -1.95. The van der Waals surface area contributed by atoms with Crippen LogP contribution in [0.3, 0.4) is 0 Å². The zero-order valence-corrected chi connectivity index (χ0v) is 9.59. The first-order valence-electron chi connectivity index (χ1n) is 5.23. The van der Waals surface area contributed by atoms with Crippen LogP contribution in [0.4, 0.5) is 0 Å². The Labute approximate surface area is 99.3 Å². The second kappa shape index (κ2) is 6.59. The minimum atomic E-state index is -0.209. The number of likely N-dealkylation sites (N-methyl/N-ethyl adjacent to an activating group) is 1. The third-order valence-corrected chi connectivity index (χ3v) is 2.24. The number of allylic oxidation sites excluding steroid dienone is 1. The van der Waals surface area contributed by atoms with Crippen LogP contribution < -0.4 is 5.32 Å². The lowest BCUT2D eigenvalue weighted by molar-refractivity contribution is -0.117. The Bertz CT molecular complexity index is 385. The van der Waals surface area contributed by atoms with Gasteiger partial charge in [-0.3, -0.25) is 4.79 Å². The van der Waals surface area contributed by atoms with Crippen LogP contribution in [-0.4, -0.2) is 36.1 Å². The fourth-order valence-electron chi connectivity index (χ4n) is 1.32. The number of aliphatic hydroxyl groups excluding tert-OH is 1. The van der Waals surface area contributed by atoms with Crippen molar-refractivity contribution in [1.29, 1.82) is 0 Å². The molecule has 2 N–H and O–H groups in total. The van der Waals surface area contributed by atoms with E-state index in [-0.39, 0.29) is 12.5 Å². The summed E-state index contributed by atoms with van der Waals surface area (Å²) in [6.45, 7) is 0.482. The molecule has 0 atom stereocenters. The van der Waals surface area contributed by atoms with Gasteiger partial charge < -0.3 is 15.3 Å². The Morgan fingerprint density at radius 2 is 2.35 bits per heavy atom. The van der Waals surface area contributed by atoms with E-state index in [1.165, 1.54) is 6.20 Å². The summed E-state index contributed by atoms with van der Waals surface area (Å²) >= 11 is 0. The molecular formula is C11H15N3O3. The van der Waals surface area contributed by atoms with E-state index < -0.39 is 0 Å². The monoisotopic (exact) mass is 237 g/mol. The number of amides is 1. The van der Waals surface area contributed by atoms with E-state index in [1.807, 2.05) is 0 Å². The molecule has 0 spiro atoms. The number of hydrogen-bond acceptors (Lipinski definition) is 5. The van der Waals surface area contributed by atoms with E-state index in [1.54, 1.807) is 30.3 Å². The molecule has 0 bridgehead atoms. The van der Waals surface area contributed by atoms with Gasteiger partial charge in [-0.1, -0.05) is 0 Å². The van der Waals surface area contributed by atoms with Crippen LogP contribution in [0.2, 0.25) is 0 Å². The third-order valence-electron chi connectivity index (χ3n) is 2.24. The fraction of sp³-hybridized carbons (Fsp3) is 0.364. The van der Waals surface area contributed by atoms with E-state index in [0.717, 1.165) is 0 Å². The molecule has 6 heteroatoms. The molecule has 1 aliphatic heterocycles. The van der Waals surface area contributed by atoms with Crippen LogP contribution >= 0.6 is 0 Å². The van der Waals surface area contributed by atoms with E-state index >= 15 is 0 Å². The second-order valence-corrected chi connectivity index (χ2v) is 3.52. The molecule has 1 rings (SSSR count). The predicted molar refractivity (Wildman–Crippen MR) is 63.6 cm³/mol. The molecule has 0 aliphatic carbocycles. The third kappa shape index (κ3) is 3.84. The zero-order chi connectivity index (χ0) is 12.7. The average molecular weight is 237 g/mol. The highest BCUT2D eigenvalue weighted by Gasteiger charge is 2.12. The van der Waals surface area contributed by atoms with Crippen molar-refractivity contribution in [3.8, 4) is 0 Å². The molecule has 0 radical (unpaired) electrons. The average Bonchev–Trinajstić information content (AvgIpc) is 2.32. The van der Waals surface area contributed by atoms with Gasteiger partial charge in [0.15, 0.2) is 0 Å². The topological polar surface area (TPSA) is 82.0 Å². The molecule has 1 aliphatic rings. The lowest BCUT2D eigenvalue weighted by Gasteiger charge is -2.19. The molecule has 17 heavy (non-hydrogen) atoms. The Balaban J connectivity index is 2.60. The minimum absolute atomic E-state index is 0.0486. The van der Waals surface area contributed by atoms with Crippen molar-refractivity contribution in [1.82, 2.24) is 10.2 Å². The molecule has 1 amide bonds. The van der Waals surface area contributed by atoms with Crippen LogP contribution in [0.25, 0.3) is 0 Å². The van der Waals surface area contributed by atoms with Crippen LogP contribution in [-0.2, 0) is 4.79 Å². The van der Waals surface area contributed by atoms with Gasteiger partial charge in [0.2, 0.25) is 0 Å². The van der Waals surface area contributed by atoms with Crippen molar-refractivity contribution >= 4 is 5.91 Å². The maximum absolute atomic E-state index is 11.6. The van der Waals surface area contributed by atoms with Crippen molar-refractivity contribution in [3.05, 3.63) is 40.7 Å². The number of nitrogens with zero attached hydrogens (tertiary/aromatic N) is 2. The smallest absolute Gasteiger partial charge is 0.252 e. The van der Waals surface area contributed by atoms with Crippen LogP contribution in [0.15, 0.2) is 41.0 Å². The number of rotatable bonds is 5. The summed E-state index contributed by atoms with van der Waals surface area (Å²) < 4.78 is 0. The number of nitroso groups, excluding NO2 is 1. The van der Waals surface area contributed by atoms with Crippen LogP contribution in [0.1, 0.15) is 6.42 Å². The summed E-state index contributed by atoms with van der Waals surface area (Å²) in [5, 5.41) is 13.9. The summed E-state index contributed by atoms with van der Waals surface area (Å²) in [4.78, 5) is 23.4. The standard InChI is InChI=1S/C11H15N3O3/c1-14-8-9(3-4-10(14)7-13-17)11(16)12-5-2-6-15/h3-4,7-8,15H,2,5-6H2,1H3,(H,12,16)/b10-7+. The molecule has 6 nitrogen and oxygen atoms in total. The molecule has 1 heterocycles. The first-order valence-corrected chi connectivity index (χ1v) is 5.23. The van der Waals surface area contributed by atoms with E-state index in [2.05, 4.69) is 10.5 Å². The molecular weight excluding hydrogens is 222 g/mol. The lowest BCUT2D eigenvalue weighted by atomic mass is 10.1. The van der Waals surface area contributed by atoms with Crippen LogP contribution in [0.5, 0.6) is 0 Å². The molecule has 0 aromatic heterocycles. The summed E-state index contributed by atoms with van der Waals surface area (Å²) in [5.41, 5.74) is 1.11.